The SMILES string of the molecule is CCNC(c1cc(Br)ccc1Cl)c1ccnn1CC. The summed E-state index contributed by atoms with van der Waals surface area (Å²) in [7, 11) is 0. The predicted molar refractivity (Wildman–Crippen MR) is 82.6 cm³/mol. The van der Waals surface area contributed by atoms with Gasteiger partial charge in [0.15, 0.2) is 0 Å². The van der Waals surface area contributed by atoms with E-state index in [1.165, 1.54) is 0 Å². The van der Waals surface area contributed by atoms with Gasteiger partial charge < -0.3 is 5.32 Å². The van der Waals surface area contributed by atoms with E-state index in [4.69, 9.17) is 11.6 Å². The monoisotopic (exact) mass is 341 g/mol. The summed E-state index contributed by atoms with van der Waals surface area (Å²) in [5, 5.41) is 8.58. The van der Waals surface area contributed by atoms with Crippen LogP contribution < -0.4 is 5.32 Å². The molecule has 0 saturated heterocycles. The summed E-state index contributed by atoms with van der Waals surface area (Å²) in [5.74, 6) is 0. The van der Waals surface area contributed by atoms with Crippen LogP contribution >= 0.6 is 27.5 Å². The van der Waals surface area contributed by atoms with Gasteiger partial charge in [0, 0.05) is 22.2 Å². The number of aryl methyl sites for hydroxylation is 1. The number of nitrogens with one attached hydrogen (secondary N) is 1. The normalized spacial score (nSPS) is 12.6. The molecule has 0 fully saturated rings. The summed E-state index contributed by atoms with van der Waals surface area (Å²) in [4.78, 5) is 0. The topological polar surface area (TPSA) is 29.9 Å². The molecule has 0 saturated carbocycles. The van der Waals surface area contributed by atoms with Gasteiger partial charge in [0.1, 0.15) is 0 Å². The van der Waals surface area contributed by atoms with E-state index in [9.17, 15) is 0 Å². The molecule has 1 N–H and O–H groups in total. The molecular weight excluding hydrogens is 326 g/mol. The average molecular weight is 343 g/mol. The molecule has 0 spiro atoms. The van der Waals surface area contributed by atoms with E-state index in [-0.39, 0.29) is 6.04 Å². The highest BCUT2D eigenvalue weighted by molar-refractivity contribution is 9.10. The van der Waals surface area contributed by atoms with Crippen LogP contribution in [0.25, 0.3) is 0 Å². The Balaban J connectivity index is 2.48. The average Bonchev–Trinajstić information content (AvgIpc) is 2.87. The second kappa shape index (κ2) is 6.55. The van der Waals surface area contributed by atoms with E-state index < -0.39 is 0 Å². The van der Waals surface area contributed by atoms with Crippen molar-refractivity contribution in [1.29, 1.82) is 0 Å². The first-order valence-corrected chi connectivity index (χ1v) is 7.54. The molecule has 2 aromatic rings. The van der Waals surface area contributed by atoms with Crippen molar-refractivity contribution in [3.63, 3.8) is 0 Å². The van der Waals surface area contributed by atoms with Gasteiger partial charge in [0.05, 0.1) is 11.7 Å². The molecule has 1 unspecified atom stereocenters. The van der Waals surface area contributed by atoms with Crippen molar-refractivity contribution in [2.45, 2.75) is 26.4 Å². The van der Waals surface area contributed by atoms with Gasteiger partial charge in [0.2, 0.25) is 0 Å². The Morgan fingerprint density at radius 1 is 1.37 bits per heavy atom. The van der Waals surface area contributed by atoms with Gasteiger partial charge >= 0.3 is 0 Å². The lowest BCUT2D eigenvalue weighted by Crippen LogP contribution is -2.25. The molecule has 0 amide bonds. The molecule has 1 aromatic heterocycles. The molecule has 5 heteroatoms. The van der Waals surface area contributed by atoms with Crippen molar-refractivity contribution in [1.82, 2.24) is 15.1 Å². The summed E-state index contributed by atoms with van der Waals surface area (Å²) in [5.41, 5.74) is 2.19. The number of hydrogen-bond donors (Lipinski definition) is 1. The quantitative estimate of drug-likeness (QED) is 0.889. The van der Waals surface area contributed by atoms with Gasteiger partial charge in [-0.05, 0) is 43.3 Å². The molecule has 0 aliphatic carbocycles. The number of rotatable bonds is 5. The Morgan fingerprint density at radius 2 is 2.16 bits per heavy atom. The van der Waals surface area contributed by atoms with Crippen molar-refractivity contribution in [3.05, 3.63) is 51.2 Å². The van der Waals surface area contributed by atoms with Gasteiger partial charge in [-0.25, -0.2) is 0 Å². The van der Waals surface area contributed by atoms with Gasteiger partial charge in [-0.1, -0.05) is 34.5 Å². The van der Waals surface area contributed by atoms with Crippen LogP contribution in [0.2, 0.25) is 5.02 Å². The Morgan fingerprint density at radius 3 is 2.84 bits per heavy atom. The number of aromatic nitrogens is 2. The minimum Gasteiger partial charge on any atom is -0.305 e. The van der Waals surface area contributed by atoms with Crippen molar-refractivity contribution in [2.75, 3.05) is 6.54 Å². The second-order valence-electron chi connectivity index (χ2n) is 4.23. The number of benzene rings is 1. The molecule has 3 nitrogen and oxygen atoms in total. The molecule has 102 valence electrons. The third-order valence-electron chi connectivity index (χ3n) is 3.02. The van der Waals surface area contributed by atoms with Crippen LogP contribution in [0.15, 0.2) is 34.9 Å². The summed E-state index contributed by atoms with van der Waals surface area (Å²) in [6.45, 7) is 5.88. The summed E-state index contributed by atoms with van der Waals surface area (Å²) in [6, 6.07) is 8.01. The minimum absolute atomic E-state index is 0.0532. The lowest BCUT2D eigenvalue weighted by atomic mass is 10.0. The first-order chi connectivity index (χ1) is 9.17. The van der Waals surface area contributed by atoms with Crippen LogP contribution in [-0.2, 0) is 6.54 Å². The fourth-order valence-electron chi connectivity index (χ4n) is 2.17. The lowest BCUT2D eigenvalue weighted by Gasteiger charge is -2.21. The van der Waals surface area contributed by atoms with E-state index in [0.717, 1.165) is 33.8 Å². The fraction of sp³-hybridized carbons (Fsp3) is 0.357. The molecule has 19 heavy (non-hydrogen) atoms. The molecule has 0 radical (unpaired) electrons. The molecule has 0 aliphatic rings. The van der Waals surface area contributed by atoms with Crippen molar-refractivity contribution >= 4 is 27.5 Å². The zero-order chi connectivity index (χ0) is 13.8. The number of halogens is 2. The summed E-state index contributed by atoms with van der Waals surface area (Å²) in [6.07, 6.45) is 1.83. The molecule has 2 rings (SSSR count). The third-order valence-corrected chi connectivity index (χ3v) is 3.86. The zero-order valence-corrected chi connectivity index (χ0v) is 13.4. The van der Waals surface area contributed by atoms with Crippen LogP contribution in [0.1, 0.15) is 31.1 Å². The van der Waals surface area contributed by atoms with Crippen LogP contribution in [-0.4, -0.2) is 16.3 Å². The van der Waals surface area contributed by atoms with Gasteiger partial charge in [-0.15, -0.1) is 0 Å². The van der Waals surface area contributed by atoms with Crippen LogP contribution in [0.5, 0.6) is 0 Å². The first kappa shape index (κ1) is 14.6. The van der Waals surface area contributed by atoms with E-state index in [2.05, 4.69) is 46.3 Å². The van der Waals surface area contributed by atoms with E-state index in [0.29, 0.717) is 0 Å². The number of nitrogens with zero attached hydrogens (tertiary/aromatic N) is 2. The predicted octanol–water partition coefficient (Wildman–Crippen LogP) is 4.02. The third kappa shape index (κ3) is 3.19. The standard InChI is InChI=1S/C14H17BrClN3/c1-3-17-14(13-7-8-18-19(13)4-2)11-9-10(15)5-6-12(11)16/h5-9,14,17H,3-4H2,1-2H3. The van der Waals surface area contributed by atoms with Crippen molar-refractivity contribution < 1.29 is 0 Å². The summed E-state index contributed by atoms with van der Waals surface area (Å²) >= 11 is 9.85. The van der Waals surface area contributed by atoms with Gasteiger partial charge in [-0.2, -0.15) is 5.10 Å². The Hall–Kier alpha value is -0.840. The van der Waals surface area contributed by atoms with Gasteiger partial charge in [0.25, 0.3) is 0 Å². The maximum Gasteiger partial charge on any atom is 0.0763 e. The van der Waals surface area contributed by atoms with Crippen LogP contribution in [0, 0.1) is 0 Å². The number of hydrogen-bond acceptors (Lipinski definition) is 2. The highest BCUT2D eigenvalue weighted by atomic mass is 79.9. The van der Waals surface area contributed by atoms with E-state index in [1.54, 1.807) is 0 Å². The fourth-order valence-corrected chi connectivity index (χ4v) is 2.77. The highest BCUT2D eigenvalue weighted by Crippen LogP contribution is 2.30. The van der Waals surface area contributed by atoms with Crippen LogP contribution in [0.3, 0.4) is 0 Å². The largest absolute Gasteiger partial charge is 0.305 e. The lowest BCUT2D eigenvalue weighted by molar-refractivity contribution is 0.542. The van der Waals surface area contributed by atoms with Crippen molar-refractivity contribution in [3.8, 4) is 0 Å². The molecule has 1 aromatic carbocycles. The molecular formula is C14H17BrClN3. The van der Waals surface area contributed by atoms with E-state index in [1.807, 2.05) is 29.1 Å². The maximum atomic E-state index is 6.35. The molecule has 1 atom stereocenters. The highest BCUT2D eigenvalue weighted by Gasteiger charge is 2.19. The molecule has 0 aliphatic heterocycles. The van der Waals surface area contributed by atoms with Gasteiger partial charge in [-0.3, -0.25) is 4.68 Å². The molecule has 0 bridgehead atoms. The first-order valence-electron chi connectivity index (χ1n) is 6.37. The Labute approximate surface area is 127 Å². The molecule has 1 heterocycles. The van der Waals surface area contributed by atoms with E-state index >= 15 is 0 Å². The Bertz CT molecular complexity index is 553. The zero-order valence-electron chi connectivity index (χ0n) is 11.0. The summed E-state index contributed by atoms with van der Waals surface area (Å²) < 4.78 is 3.02. The minimum atomic E-state index is 0.0532. The maximum absolute atomic E-state index is 6.35. The van der Waals surface area contributed by atoms with Crippen LogP contribution in [0.4, 0.5) is 0 Å². The second-order valence-corrected chi connectivity index (χ2v) is 5.55. The van der Waals surface area contributed by atoms with Crippen molar-refractivity contribution in [2.24, 2.45) is 0 Å². The smallest absolute Gasteiger partial charge is 0.0763 e. The Kier molecular flexibility index (Phi) is 5.02.